The Balaban J connectivity index is 2.73. The molecule has 1 rings (SSSR count). The van der Waals surface area contributed by atoms with Crippen molar-refractivity contribution < 1.29 is 9.18 Å². The molecule has 2 N–H and O–H groups in total. The van der Waals surface area contributed by atoms with Gasteiger partial charge in [0.05, 0.1) is 6.04 Å². The van der Waals surface area contributed by atoms with Crippen LogP contribution in [0.2, 0.25) is 0 Å². The van der Waals surface area contributed by atoms with E-state index in [1.165, 1.54) is 12.1 Å². The third-order valence-corrected chi connectivity index (χ3v) is 2.50. The van der Waals surface area contributed by atoms with Crippen molar-refractivity contribution >= 4 is 5.78 Å². The number of carbonyl (C=O) groups excluding carboxylic acids is 1. The fraction of sp³-hybridized carbons (Fsp3) is 0.308. The van der Waals surface area contributed by atoms with E-state index in [1.807, 2.05) is 0 Å². The van der Waals surface area contributed by atoms with Gasteiger partial charge in [0.25, 0.3) is 0 Å². The van der Waals surface area contributed by atoms with Crippen LogP contribution < -0.4 is 5.73 Å². The zero-order chi connectivity index (χ0) is 12.1. The minimum atomic E-state index is -0.512. The van der Waals surface area contributed by atoms with Gasteiger partial charge in [-0.2, -0.15) is 0 Å². The van der Waals surface area contributed by atoms with E-state index in [1.54, 1.807) is 19.1 Å². The quantitative estimate of drug-likeness (QED) is 0.774. The lowest BCUT2D eigenvalue weighted by Crippen LogP contribution is -2.31. The van der Waals surface area contributed by atoms with E-state index >= 15 is 0 Å². The Labute approximate surface area is 95.0 Å². The van der Waals surface area contributed by atoms with Gasteiger partial charge < -0.3 is 5.73 Å². The Morgan fingerprint density at radius 3 is 2.88 bits per heavy atom. The number of halogens is 1. The van der Waals surface area contributed by atoms with Crippen LogP contribution in [0.25, 0.3) is 0 Å². The first-order valence-electron chi connectivity index (χ1n) is 5.19. The minimum Gasteiger partial charge on any atom is -0.321 e. The number of benzene rings is 1. The SMILES string of the molecule is C=CCC(N)C(=O)Cc1ccc(F)cc1C. The molecule has 3 heteroatoms. The molecule has 1 atom stereocenters. The molecule has 0 fully saturated rings. The number of Topliss-reactive ketones (excluding diaryl/α,β-unsaturated/α-hetero) is 1. The lowest BCUT2D eigenvalue weighted by Gasteiger charge is -2.09. The lowest BCUT2D eigenvalue weighted by atomic mass is 9.99. The molecule has 0 saturated heterocycles. The predicted molar refractivity (Wildman–Crippen MR) is 62.6 cm³/mol. The van der Waals surface area contributed by atoms with Crippen molar-refractivity contribution in [1.29, 1.82) is 0 Å². The van der Waals surface area contributed by atoms with Crippen molar-refractivity contribution in [3.05, 3.63) is 47.8 Å². The molecule has 1 aromatic carbocycles. The summed E-state index contributed by atoms with van der Waals surface area (Å²) in [5.41, 5.74) is 7.26. The zero-order valence-electron chi connectivity index (χ0n) is 9.37. The smallest absolute Gasteiger partial charge is 0.154 e. The first-order chi connectivity index (χ1) is 7.54. The molecule has 0 bridgehead atoms. The number of rotatable bonds is 5. The largest absolute Gasteiger partial charge is 0.321 e. The van der Waals surface area contributed by atoms with Crippen molar-refractivity contribution in [3.63, 3.8) is 0 Å². The number of nitrogens with two attached hydrogens (primary N) is 1. The van der Waals surface area contributed by atoms with Gasteiger partial charge in [0.15, 0.2) is 5.78 Å². The highest BCUT2D eigenvalue weighted by Crippen LogP contribution is 2.12. The van der Waals surface area contributed by atoms with Crippen LogP contribution in [0.15, 0.2) is 30.9 Å². The van der Waals surface area contributed by atoms with Gasteiger partial charge in [-0.1, -0.05) is 12.1 Å². The summed E-state index contributed by atoms with van der Waals surface area (Å²) in [6, 6.07) is 3.89. The Hall–Kier alpha value is -1.48. The Kier molecular flexibility index (Phi) is 4.38. The first kappa shape index (κ1) is 12.6. The highest BCUT2D eigenvalue weighted by molar-refractivity contribution is 5.86. The third kappa shape index (κ3) is 3.28. The number of ketones is 1. The van der Waals surface area contributed by atoms with E-state index < -0.39 is 6.04 Å². The summed E-state index contributed by atoms with van der Waals surface area (Å²) in [5.74, 6) is -0.335. The second kappa shape index (κ2) is 5.56. The summed E-state index contributed by atoms with van der Waals surface area (Å²) < 4.78 is 12.8. The molecule has 0 spiro atoms. The highest BCUT2D eigenvalue weighted by Gasteiger charge is 2.13. The topological polar surface area (TPSA) is 43.1 Å². The maximum atomic E-state index is 12.8. The molecule has 16 heavy (non-hydrogen) atoms. The first-order valence-corrected chi connectivity index (χ1v) is 5.19. The molecule has 0 saturated carbocycles. The van der Waals surface area contributed by atoms with Crippen molar-refractivity contribution in [2.75, 3.05) is 0 Å². The van der Waals surface area contributed by atoms with Crippen molar-refractivity contribution in [2.45, 2.75) is 25.8 Å². The van der Waals surface area contributed by atoms with E-state index in [0.717, 1.165) is 11.1 Å². The number of aryl methyl sites for hydroxylation is 1. The Morgan fingerprint density at radius 1 is 1.62 bits per heavy atom. The number of carbonyl (C=O) groups is 1. The summed E-state index contributed by atoms with van der Waals surface area (Å²) in [4.78, 5) is 11.7. The van der Waals surface area contributed by atoms with Gasteiger partial charge in [-0.15, -0.1) is 6.58 Å². The molecule has 0 aliphatic rings. The van der Waals surface area contributed by atoms with Gasteiger partial charge in [0.1, 0.15) is 5.82 Å². The molecule has 86 valence electrons. The van der Waals surface area contributed by atoms with Crippen LogP contribution in [-0.2, 0) is 11.2 Å². The molecular formula is C13H16FNO. The van der Waals surface area contributed by atoms with Crippen molar-refractivity contribution in [3.8, 4) is 0 Å². The van der Waals surface area contributed by atoms with E-state index in [4.69, 9.17) is 5.73 Å². The predicted octanol–water partition coefficient (Wildman–Crippen LogP) is 2.15. The van der Waals surface area contributed by atoms with Crippen LogP contribution >= 0.6 is 0 Å². The van der Waals surface area contributed by atoms with Crippen molar-refractivity contribution in [2.24, 2.45) is 5.73 Å². The summed E-state index contributed by atoms with van der Waals surface area (Å²) in [7, 11) is 0. The molecule has 1 unspecified atom stereocenters. The van der Waals surface area contributed by atoms with Gasteiger partial charge in [-0.3, -0.25) is 4.79 Å². The third-order valence-electron chi connectivity index (χ3n) is 2.50. The fourth-order valence-electron chi connectivity index (χ4n) is 1.49. The Morgan fingerprint density at radius 2 is 2.31 bits per heavy atom. The summed E-state index contributed by atoms with van der Waals surface area (Å²) >= 11 is 0. The molecule has 0 heterocycles. The van der Waals surface area contributed by atoms with Gasteiger partial charge in [-0.25, -0.2) is 4.39 Å². The number of hydrogen-bond donors (Lipinski definition) is 1. The van der Waals surface area contributed by atoms with E-state index in [0.29, 0.717) is 6.42 Å². The van der Waals surface area contributed by atoms with Crippen LogP contribution in [-0.4, -0.2) is 11.8 Å². The minimum absolute atomic E-state index is 0.0467. The zero-order valence-corrected chi connectivity index (χ0v) is 9.37. The van der Waals surface area contributed by atoms with Gasteiger partial charge >= 0.3 is 0 Å². The molecule has 0 aliphatic heterocycles. The van der Waals surface area contributed by atoms with Crippen LogP contribution in [0.3, 0.4) is 0 Å². The van der Waals surface area contributed by atoms with Crippen LogP contribution in [0, 0.1) is 12.7 Å². The second-order valence-electron chi connectivity index (χ2n) is 3.84. The van der Waals surface area contributed by atoms with Crippen LogP contribution in [0.5, 0.6) is 0 Å². The molecule has 0 aromatic heterocycles. The van der Waals surface area contributed by atoms with Crippen LogP contribution in [0.1, 0.15) is 17.5 Å². The molecule has 0 amide bonds. The molecule has 2 nitrogen and oxygen atoms in total. The Bertz CT molecular complexity index is 401. The van der Waals surface area contributed by atoms with E-state index in [2.05, 4.69) is 6.58 Å². The van der Waals surface area contributed by atoms with Crippen LogP contribution in [0.4, 0.5) is 4.39 Å². The average molecular weight is 221 g/mol. The normalized spacial score (nSPS) is 12.2. The molecule has 0 aliphatic carbocycles. The highest BCUT2D eigenvalue weighted by atomic mass is 19.1. The van der Waals surface area contributed by atoms with Gasteiger partial charge in [-0.05, 0) is 36.6 Å². The molecular weight excluding hydrogens is 205 g/mol. The number of hydrogen-bond acceptors (Lipinski definition) is 2. The standard InChI is InChI=1S/C13H16FNO/c1-3-4-12(15)13(16)8-10-5-6-11(14)7-9(10)2/h3,5-7,12H,1,4,8,15H2,2H3. The van der Waals surface area contributed by atoms with E-state index in [-0.39, 0.29) is 18.0 Å². The summed E-state index contributed by atoms with van der Waals surface area (Å²) in [6.45, 7) is 5.32. The maximum Gasteiger partial charge on any atom is 0.154 e. The van der Waals surface area contributed by atoms with Crippen molar-refractivity contribution in [1.82, 2.24) is 0 Å². The molecule has 1 aromatic rings. The van der Waals surface area contributed by atoms with E-state index in [9.17, 15) is 9.18 Å². The second-order valence-corrected chi connectivity index (χ2v) is 3.84. The lowest BCUT2D eigenvalue weighted by molar-refractivity contribution is -0.119. The van der Waals surface area contributed by atoms with Gasteiger partial charge in [0.2, 0.25) is 0 Å². The summed E-state index contributed by atoms with van der Waals surface area (Å²) in [6.07, 6.45) is 2.35. The monoisotopic (exact) mass is 221 g/mol. The summed E-state index contributed by atoms with van der Waals surface area (Å²) in [5, 5.41) is 0. The molecule has 0 radical (unpaired) electrons. The fourth-order valence-corrected chi connectivity index (χ4v) is 1.49. The van der Waals surface area contributed by atoms with Gasteiger partial charge in [0, 0.05) is 6.42 Å². The average Bonchev–Trinajstić information content (AvgIpc) is 2.22. The maximum absolute atomic E-state index is 12.8.